The maximum atomic E-state index is 11.8. The van der Waals surface area contributed by atoms with Crippen LogP contribution in [0, 0.1) is 11.8 Å². The first-order valence-corrected chi connectivity index (χ1v) is 7.39. The molecule has 2 fully saturated rings. The molecule has 1 N–H and O–H groups in total. The first-order valence-electron chi connectivity index (χ1n) is 5.90. The van der Waals surface area contributed by atoms with Gasteiger partial charge in [-0.2, -0.15) is 0 Å². The molecule has 1 heterocycles. The van der Waals surface area contributed by atoms with E-state index in [1.165, 1.54) is 32.1 Å². The molecule has 0 spiro atoms. The number of nitrogens with one attached hydrogen (secondary N) is 1. The Morgan fingerprint density at radius 1 is 1.00 bits per heavy atom. The van der Waals surface area contributed by atoms with Crippen LogP contribution in [0.3, 0.4) is 0 Å². The molecule has 3 heteroatoms. The van der Waals surface area contributed by atoms with E-state index in [0.717, 1.165) is 30.5 Å². The minimum atomic E-state index is -0.536. The zero-order chi connectivity index (χ0) is 9.80. The van der Waals surface area contributed by atoms with Crippen LogP contribution in [0.1, 0.15) is 32.1 Å². The molecular formula is C11H21NOS. The Bertz CT molecular complexity index is 197. The highest BCUT2D eigenvalue weighted by molar-refractivity contribution is 7.85. The van der Waals surface area contributed by atoms with E-state index in [-0.39, 0.29) is 0 Å². The van der Waals surface area contributed by atoms with E-state index in [1.54, 1.807) is 0 Å². The summed E-state index contributed by atoms with van der Waals surface area (Å²) in [5, 5.41) is 3.24. The van der Waals surface area contributed by atoms with Gasteiger partial charge in [0, 0.05) is 35.4 Å². The molecule has 1 unspecified atom stereocenters. The molecule has 0 aromatic rings. The van der Waals surface area contributed by atoms with Crippen LogP contribution >= 0.6 is 0 Å². The summed E-state index contributed by atoms with van der Waals surface area (Å²) in [6.07, 6.45) is 6.79. The largest absolute Gasteiger partial charge is 0.316 e. The van der Waals surface area contributed by atoms with Crippen LogP contribution in [-0.2, 0) is 10.8 Å². The summed E-state index contributed by atoms with van der Waals surface area (Å²) in [7, 11) is -0.536. The predicted octanol–water partition coefficient (Wildman–Crippen LogP) is 1.53. The van der Waals surface area contributed by atoms with Gasteiger partial charge in [-0.3, -0.25) is 4.21 Å². The zero-order valence-corrected chi connectivity index (χ0v) is 9.65. The molecule has 1 atom stereocenters. The fourth-order valence-corrected chi connectivity index (χ4v) is 4.17. The molecular weight excluding hydrogens is 194 g/mol. The molecule has 0 bridgehead atoms. The summed E-state index contributed by atoms with van der Waals surface area (Å²) in [4.78, 5) is 0. The number of rotatable bonds is 4. The summed E-state index contributed by atoms with van der Waals surface area (Å²) in [6.45, 7) is 2.19. The van der Waals surface area contributed by atoms with Crippen LogP contribution in [0.15, 0.2) is 0 Å². The lowest BCUT2D eigenvalue weighted by molar-refractivity contribution is 0.375. The fraction of sp³-hybridized carbons (Fsp3) is 1.00. The molecule has 82 valence electrons. The van der Waals surface area contributed by atoms with Crippen LogP contribution in [0.25, 0.3) is 0 Å². The van der Waals surface area contributed by atoms with E-state index in [2.05, 4.69) is 5.32 Å². The van der Waals surface area contributed by atoms with Gasteiger partial charge in [-0.1, -0.05) is 19.3 Å². The molecule has 0 amide bonds. The SMILES string of the molecule is O=S(CC1CCCCC1)CC1CNC1. The lowest BCUT2D eigenvalue weighted by atomic mass is 9.91. The van der Waals surface area contributed by atoms with Crippen molar-refractivity contribution in [1.29, 1.82) is 0 Å². The van der Waals surface area contributed by atoms with Gasteiger partial charge >= 0.3 is 0 Å². The van der Waals surface area contributed by atoms with E-state index >= 15 is 0 Å². The standard InChI is InChI=1S/C11H21NOS/c13-14(9-11-6-12-7-11)8-10-4-2-1-3-5-10/h10-12H,1-9H2. The van der Waals surface area contributed by atoms with E-state index < -0.39 is 10.8 Å². The minimum absolute atomic E-state index is 0.536. The molecule has 1 aliphatic carbocycles. The Balaban J connectivity index is 1.64. The van der Waals surface area contributed by atoms with Gasteiger partial charge in [0.2, 0.25) is 0 Å². The number of hydrogen-bond acceptors (Lipinski definition) is 2. The molecule has 2 aliphatic rings. The van der Waals surface area contributed by atoms with Gasteiger partial charge < -0.3 is 5.32 Å². The smallest absolute Gasteiger partial charge is 0.0287 e. The number of hydrogen-bond donors (Lipinski definition) is 1. The normalized spacial score (nSPS) is 27.1. The van der Waals surface area contributed by atoms with Crippen molar-refractivity contribution in [1.82, 2.24) is 5.32 Å². The van der Waals surface area contributed by atoms with E-state index in [9.17, 15) is 4.21 Å². The third kappa shape index (κ3) is 3.06. The summed E-state index contributed by atoms with van der Waals surface area (Å²) < 4.78 is 11.8. The Morgan fingerprint density at radius 3 is 2.21 bits per heavy atom. The molecule has 0 aromatic heterocycles. The highest BCUT2D eigenvalue weighted by atomic mass is 32.2. The first kappa shape index (κ1) is 10.6. The first-order chi connectivity index (χ1) is 6.84. The molecule has 0 aromatic carbocycles. The molecule has 2 nitrogen and oxygen atoms in total. The van der Waals surface area contributed by atoms with Crippen LogP contribution in [-0.4, -0.2) is 28.8 Å². The van der Waals surface area contributed by atoms with Crippen molar-refractivity contribution in [2.45, 2.75) is 32.1 Å². The van der Waals surface area contributed by atoms with Crippen LogP contribution in [0.2, 0.25) is 0 Å². The monoisotopic (exact) mass is 215 g/mol. The average molecular weight is 215 g/mol. The summed E-state index contributed by atoms with van der Waals surface area (Å²) in [6, 6.07) is 0. The van der Waals surface area contributed by atoms with Crippen molar-refractivity contribution < 1.29 is 4.21 Å². The maximum absolute atomic E-state index is 11.8. The van der Waals surface area contributed by atoms with E-state index in [1.807, 2.05) is 0 Å². The lowest BCUT2D eigenvalue weighted by Crippen LogP contribution is -2.45. The van der Waals surface area contributed by atoms with Crippen molar-refractivity contribution in [3.05, 3.63) is 0 Å². The highest BCUT2D eigenvalue weighted by Gasteiger charge is 2.22. The maximum Gasteiger partial charge on any atom is 0.0287 e. The van der Waals surface area contributed by atoms with Crippen LogP contribution < -0.4 is 5.32 Å². The van der Waals surface area contributed by atoms with Crippen molar-refractivity contribution in [3.63, 3.8) is 0 Å². The van der Waals surface area contributed by atoms with Gasteiger partial charge in [0.15, 0.2) is 0 Å². The van der Waals surface area contributed by atoms with Crippen molar-refractivity contribution >= 4 is 10.8 Å². The lowest BCUT2D eigenvalue weighted by Gasteiger charge is -2.28. The van der Waals surface area contributed by atoms with Crippen LogP contribution in [0.4, 0.5) is 0 Å². The second kappa shape index (κ2) is 5.26. The molecule has 1 saturated heterocycles. The second-order valence-electron chi connectivity index (χ2n) is 4.80. The van der Waals surface area contributed by atoms with Crippen molar-refractivity contribution in [2.75, 3.05) is 24.6 Å². The quantitative estimate of drug-likeness (QED) is 0.770. The molecule has 2 rings (SSSR count). The zero-order valence-electron chi connectivity index (χ0n) is 8.84. The minimum Gasteiger partial charge on any atom is -0.316 e. The van der Waals surface area contributed by atoms with Gasteiger partial charge in [0.1, 0.15) is 0 Å². The van der Waals surface area contributed by atoms with Gasteiger partial charge in [-0.25, -0.2) is 0 Å². The third-order valence-electron chi connectivity index (χ3n) is 3.43. The molecule has 0 radical (unpaired) electrons. The molecule has 1 aliphatic heterocycles. The Morgan fingerprint density at radius 2 is 1.64 bits per heavy atom. The fourth-order valence-electron chi connectivity index (χ4n) is 2.41. The Hall–Kier alpha value is 0.110. The van der Waals surface area contributed by atoms with Crippen LogP contribution in [0.5, 0.6) is 0 Å². The topological polar surface area (TPSA) is 29.1 Å². The van der Waals surface area contributed by atoms with Gasteiger partial charge in [0.25, 0.3) is 0 Å². The van der Waals surface area contributed by atoms with Gasteiger partial charge in [0.05, 0.1) is 0 Å². The third-order valence-corrected chi connectivity index (χ3v) is 5.12. The Kier molecular flexibility index (Phi) is 3.99. The van der Waals surface area contributed by atoms with E-state index in [0.29, 0.717) is 5.92 Å². The molecule has 14 heavy (non-hydrogen) atoms. The second-order valence-corrected chi connectivity index (χ2v) is 6.35. The van der Waals surface area contributed by atoms with Crippen molar-refractivity contribution in [3.8, 4) is 0 Å². The average Bonchev–Trinajstić information content (AvgIpc) is 2.13. The summed E-state index contributed by atoms with van der Waals surface area (Å²) in [5.41, 5.74) is 0. The Labute approximate surface area is 89.3 Å². The predicted molar refractivity (Wildman–Crippen MR) is 60.8 cm³/mol. The highest BCUT2D eigenvalue weighted by Crippen LogP contribution is 2.24. The van der Waals surface area contributed by atoms with Gasteiger partial charge in [-0.05, 0) is 24.7 Å². The summed E-state index contributed by atoms with van der Waals surface area (Å²) >= 11 is 0. The van der Waals surface area contributed by atoms with Gasteiger partial charge in [-0.15, -0.1) is 0 Å². The van der Waals surface area contributed by atoms with E-state index in [4.69, 9.17) is 0 Å². The molecule has 1 saturated carbocycles. The van der Waals surface area contributed by atoms with Crippen molar-refractivity contribution in [2.24, 2.45) is 11.8 Å². The summed E-state index contributed by atoms with van der Waals surface area (Å²) in [5.74, 6) is 3.41.